The first-order valence-electron chi connectivity index (χ1n) is 5.78. The highest BCUT2D eigenvalue weighted by Crippen LogP contribution is 2.13. The van der Waals surface area contributed by atoms with Crippen LogP contribution in [0, 0.1) is 0 Å². The van der Waals surface area contributed by atoms with E-state index in [1.54, 1.807) is 12.3 Å². The standard InChI is InChI=1S/C13H19NO2/c1-4-5-8-16-13(15)12-7-6-11(9-14-12)10(2)3/h6-7,9-10H,4-5,8H2,1-3H3. The predicted octanol–water partition coefficient (Wildman–Crippen LogP) is 3.16. The van der Waals surface area contributed by atoms with Gasteiger partial charge in [0, 0.05) is 6.20 Å². The average molecular weight is 221 g/mol. The lowest BCUT2D eigenvalue weighted by Gasteiger charge is -2.06. The van der Waals surface area contributed by atoms with Crippen LogP contribution in [-0.2, 0) is 4.74 Å². The fourth-order valence-corrected chi connectivity index (χ4v) is 1.25. The van der Waals surface area contributed by atoms with Crippen LogP contribution in [0.3, 0.4) is 0 Å². The number of carbonyl (C=O) groups is 1. The molecule has 0 aliphatic heterocycles. The molecule has 1 heterocycles. The van der Waals surface area contributed by atoms with Crippen LogP contribution in [0.4, 0.5) is 0 Å². The molecule has 0 saturated heterocycles. The Balaban J connectivity index is 2.56. The fraction of sp³-hybridized carbons (Fsp3) is 0.538. The summed E-state index contributed by atoms with van der Waals surface area (Å²) in [6.07, 6.45) is 3.66. The van der Waals surface area contributed by atoms with Crippen molar-refractivity contribution in [3.8, 4) is 0 Å². The first-order chi connectivity index (χ1) is 7.65. The molecule has 0 saturated carbocycles. The molecule has 0 fully saturated rings. The van der Waals surface area contributed by atoms with Crippen LogP contribution < -0.4 is 0 Å². The Morgan fingerprint density at radius 2 is 2.19 bits per heavy atom. The third kappa shape index (κ3) is 3.65. The highest BCUT2D eigenvalue weighted by molar-refractivity contribution is 5.87. The number of carbonyl (C=O) groups excluding carboxylic acids is 1. The van der Waals surface area contributed by atoms with Gasteiger partial charge in [0.15, 0.2) is 0 Å². The summed E-state index contributed by atoms with van der Waals surface area (Å²) in [5, 5.41) is 0. The molecule has 0 atom stereocenters. The van der Waals surface area contributed by atoms with Gasteiger partial charge in [-0.2, -0.15) is 0 Å². The summed E-state index contributed by atoms with van der Waals surface area (Å²) in [6.45, 7) is 6.72. The number of esters is 1. The molecule has 88 valence electrons. The van der Waals surface area contributed by atoms with Crippen LogP contribution in [0.1, 0.15) is 55.6 Å². The fourth-order valence-electron chi connectivity index (χ4n) is 1.25. The van der Waals surface area contributed by atoms with Gasteiger partial charge in [0.1, 0.15) is 5.69 Å². The number of hydrogen-bond acceptors (Lipinski definition) is 3. The van der Waals surface area contributed by atoms with Crippen molar-refractivity contribution in [3.63, 3.8) is 0 Å². The van der Waals surface area contributed by atoms with Gasteiger partial charge in [0.2, 0.25) is 0 Å². The second kappa shape index (κ2) is 6.26. The second-order valence-electron chi connectivity index (χ2n) is 4.12. The Morgan fingerprint density at radius 3 is 2.69 bits per heavy atom. The zero-order chi connectivity index (χ0) is 12.0. The lowest BCUT2D eigenvalue weighted by molar-refractivity contribution is 0.0493. The Labute approximate surface area is 96.8 Å². The quantitative estimate of drug-likeness (QED) is 0.566. The van der Waals surface area contributed by atoms with Crippen LogP contribution in [0.15, 0.2) is 18.3 Å². The minimum absolute atomic E-state index is 0.330. The molecule has 0 aromatic carbocycles. The minimum atomic E-state index is -0.330. The van der Waals surface area contributed by atoms with Crippen molar-refractivity contribution in [1.29, 1.82) is 0 Å². The summed E-state index contributed by atoms with van der Waals surface area (Å²) in [7, 11) is 0. The topological polar surface area (TPSA) is 39.2 Å². The van der Waals surface area contributed by atoms with Crippen molar-refractivity contribution in [2.45, 2.75) is 39.5 Å². The van der Waals surface area contributed by atoms with Crippen molar-refractivity contribution in [1.82, 2.24) is 4.98 Å². The molecule has 1 aromatic heterocycles. The molecule has 0 aliphatic carbocycles. The highest BCUT2D eigenvalue weighted by atomic mass is 16.5. The molecule has 0 spiro atoms. The molecule has 0 amide bonds. The van der Waals surface area contributed by atoms with E-state index in [1.165, 1.54) is 0 Å². The number of aromatic nitrogens is 1. The van der Waals surface area contributed by atoms with E-state index in [9.17, 15) is 4.79 Å². The van der Waals surface area contributed by atoms with Crippen molar-refractivity contribution in [2.75, 3.05) is 6.61 Å². The highest BCUT2D eigenvalue weighted by Gasteiger charge is 2.08. The van der Waals surface area contributed by atoms with Crippen molar-refractivity contribution >= 4 is 5.97 Å². The van der Waals surface area contributed by atoms with E-state index < -0.39 is 0 Å². The van der Waals surface area contributed by atoms with Crippen molar-refractivity contribution in [2.24, 2.45) is 0 Å². The van der Waals surface area contributed by atoms with Gasteiger partial charge in [-0.25, -0.2) is 9.78 Å². The second-order valence-corrected chi connectivity index (χ2v) is 4.12. The molecular formula is C13H19NO2. The van der Waals surface area contributed by atoms with Crippen LogP contribution in [-0.4, -0.2) is 17.6 Å². The maximum atomic E-state index is 11.5. The van der Waals surface area contributed by atoms with Crippen molar-refractivity contribution in [3.05, 3.63) is 29.6 Å². The summed E-state index contributed by atoms with van der Waals surface area (Å²) in [6, 6.07) is 3.65. The smallest absolute Gasteiger partial charge is 0.356 e. The number of pyridine rings is 1. The third-order valence-corrected chi connectivity index (χ3v) is 2.39. The van der Waals surface area contributed by atoms with Gasteiger partial charge < -0.3 is 4.74 Å². The molecule has 0 unspecified atom stereocenters. The average Bonchev–Trinajstić information content (AvgIpc) is 2.29. The molecule has 0 bridgehead atoms. The lowest BCUT2D eigenvalue weighted by atomic mass is 10.1. The zero-order valence-corrected chi connectivity index (χ0v) is 10.2. The lowest BCUT2D eigenvalue weighted by Crippen LogP contribution is -2.08. The molecular weight excluding hydrogens is 202 g/mol. The first-order valence-corrected chi connectivity index (χ1v) is 5.78. The molecule has 0 aliphatic rings. The molecule has 3 heteroatoms. The van der Waals surface area contributed by atoms with Crippen LogP contribution in [0.25, 0.3) is 0 Å². The van der Waals surface area contributed by atoms with Crippen LogP contribution in [0.5, 0.6) is 0 Å². The summed E-state index contributed by atoms with van der Waals surface area (Å²) in [4.78, 5) is 15.6. The van der Waals surface area contributed by atoms with E-state index in [4.69, 9.17) is 4.74 Å². The Bertz CT molecular complexity index is 330. The third-order valence-electron chi connectivity index (χ3n) is 2.39. The van der Waals surface area contributed by atoms with E-state index in [0.29, 0.717) is 18.2 Å². The Hall–Kier alpha value is -1.38. The maximum Gasteiger partial charge on any atom is 0.356 e. The number of ether oxygens (including phenoxy) is 1. The first kappa shape index (κ1) is 12.7. The number of nitrogens with zero attached hydrogens (tertiary/aromatic N) is 1. The van der Waals surface area contributed by atoms with Crippen LogP contribution >= 0.6 is 0 Å². The largest absolute Gasteiger partial charge is 0.461 e. The van der Waals surface area contributed by atoms with Gasteiger partial charge in [-0.3, -0.25) is 0 Å². The van der Waals surface area contributed by atoms with Gasteiger partial charge >= 0.3 is 5.97 Å². The maximum absolute atomic E-state index is 11.5. The number of hydrogen-bond donors (Lipinski definition) is 0. The molecule has 3 nitrogen and oxygen atoms in total. The molecule has 0 radical (unpaired) electrons. The monoisotopic (exact) mass is 221 g/mol. The van der Waals surface area contributed by atoms with Gasteiger partial charge in [0.05, 0.1) is 6.61 Å². The number of unbranched alkanes of at least 4 members (excludes halogenated alkanes) is 1. The zero-order valence-electron chi connectivity index (χ0n) is 10.2. The normalized spacial score (nSPS) is 10.5. The summed E-state index contributed by atoms with van der Waals surface area (Å²) in [5.41, 5.74) is 1.52. The van der Waals surface area contributed by atoms with Gasteiger partial charge in [-0.1, -0.05) is 33.3 Å². The SMILES string of the molecule is CCCCOC(=O)c1ccc(C(C)C)cn1. The van der Waals surface area contributed by atoms with Gasteiger partial charge in [-0.05, 0) is 24.0 Å². The van der Waals surface area contributed by atoms with E-state index in [-0.39, 0.29) is 5.97 Å². The van der Waals surface area contributed by atoms with E-state index in [1.807, 2.05) is 6.07 Å². The number of rotatable bonds is 5. The van der Waals surface area contributed by atoms with E-state index in [0.717, 1.165) is 18.4 Å². The Morgan fingerprint density at radius 1 is 1.44 bits per heavy atom. The summed E-state index contributed by atoms with van der Waals surface area (Å²) < 4.78 is 5.07. The summed E-state index contributed by atoms with van der Waals surface area (Å²) in [5.74, 6) is 0.0985. The van der Waals surface area contributed by atoms with E-state index >= 15 is 0 Å². The van der Waals surface area contributed by atoms with Crippen molar-refractivity contribution < 1.29 is 9.53 Å². The Kier molecular flexibility index (Phi) is 4.96. The van der Waals surface area contributed by atoms with Gasteiger partial charge in [0.25, 0.3) is 0 Å². The van der Waals surface area contributed by atoms with E-state index in [2.05, 4.69) is 25.8 Å². The van der Waals surface area contributed by atoms with Crippen LogP contribution in [0.2, 0.25) is 0 Å². The predicted molar refractivity (Wildman–Crippen MR) is 63.5 cm³/mol. The molecule has 1 aromatic rings. The molecule has 1 rings (SSSR count). The minimum Gasteiger partial charge on any atom is -0.461 e. The van der Waals surface area contributed by atoms with Gasteiger partial charge in [-0.15, -0.1) is 0 Å². The summed E-state index contributed by atoms with van der Waals surface area (Å²) >= 11 is 0. The molecule has 0 N–H and O–H groups in total. The molecule has 16 heavy (non-hydrogen) atoms.